The zero-order valence-electron chi connectivity index (χ0n) is 19.0. The Morgan fingerprint density at radius 3 is 2.50 bits per heavy atom. The molecular formula is C27H24ClN5O. The van der Waals surface area contributed by atoms with Crippen molar-refractivity contribution in [3.05, 3.63) is 112 Å². The summed E-state index contributed by atoms with van der Waals surface area (Å²) >= 11 is 6.60. The molecule has 0 unspecified atom stereocenters. The van der Waals surface area contributed by atoms with Gasteiger partial charge in [0.2, 0.25) is 0 Å². The summed E-state index contributed by atoms with van der Waals surface area (Å²) in [4.78, 5) is 13.2. The number of nitrogens with zero attached hydrogens (tertiary/aromatic N) is 4. The quantitative estimate of drug-likeness (QED) is 0.339. The van der Waals surface area contributed by atoms with E-state index in [1.54, 1.807) is 28.6 Å². The molecule has 0 saturated carbocycles. The van der Waals surface area contributed by atoms with Crippen molar-refractivity contribution in [3.63, 3.8) is 0 Å². The maximum Gasteiger partial charge on any atom is 0.261 e. The molecule has 7 heteroatoms. The Kier molecular flexibility index (Phi) is 5.90. The normalized spacial score (nSPS) is 11.1. The van der Waals surface area contributed by atoms with Gasteiger partial charge in [-0.2, -0.15) is 10.2 Å². The molecule has 0 radical (unpaired) electrons. The lowest BCUT2D eigenvalue weighted by Crippen LogP contribution is -2.17. The summed E-state index contributed by atoms with van der Waals surface area (Å²) < 4.78 is 3.43. The number of carbonyl (C=O) groups excluding carboxylic acids is 1. The number of amides is 1. The van der Waals surface area contributed by atoms with Gasteiger partial charge in [-0.25, -0.2) is 9.36 Å². The third-order valence-corrected chi connectivity index (χ3v) is 6.29. The molecule has 0 fully saturated rings. The number of anilines is 1. The van der Waals surface area contributed by atoms with Crippen molar-refractivity contribution >= 4 is 34.1 Å². The van der Waals surface area contributed by atoms with Gasteiger partial charge < -0.3 is 5.32 Å². The number of nitrogens with one attached hydrogen (secondary N) is 1. The first-order chi connectivity index (χ1) is 16.5. The van der Waals surface area contributed by atoms with Crippen LogP contribution in [0.5, 0.6) is 0 Å². The Bertz CT molecular complexity index is 1480. The van der Waals surface area contributed by atoms with Gasteiger partial charge in [0.1, 0.15) is 11.0 Å². The minimum atomic E-state index is -0.308. The number of benzene rings is 3. The molecule has 2 heterocycles. The standard InChI is InChI=1S/C27H24ClN5O/c1-18-10-12-20(13-11-18)16-33-26(28)25(19(2)31-33)27(34)30-24-14-15-29-32(24)17-22-8-5-7-21-6-3-4-9-23(21)22/h3-15H,16-17H2,1-2H3,(H,30,34). The van der Waals surface area contributed by atoms with Crippen LogP contribution in [-0.4, -0.2) is 25.5 Å². The highest BCUT2D eigenvalue weighted by Crippen LogP contribution is 2.24. The number of halogens is 1. The lowest BCUT2D eigenvalue weighted by atomic mass is 10.0. The Morgan fingerprint density at radius 1 is 0.912 bits per heavy atom. The second-order valence-corrected chi connectivity index (χ2v) is 8.72. The summed E-state index contributed by atoms with van der Waals surface area (Å²) in [6.45, 7) is 4.86. The number of carbonyl (C=O) groups is 1. The number of fused-ring (bicyclic) bond motifs is 1. The van der Waals surface area contributed by atoms with Crippen molar-refractivity contribution < 1.29 is 4.79 Å². The predicted molar refractivity (Wildman–Crippen MR) is 135 cm³/mol. The van der Waals surface area contributed by atoms with E-state index in [9.17, 15) is 4.79 Å². The largest absolute Gasteiger partial charge is 0.307 e. The SMILES string of the molecule is Cc1ccc(Cn2nc(C)c(C(=O)Nc3ccnn3Cc3cccc4ccccc34)c2Cl)cc1. The first-order valence-electron chi connectivity index (χ1n) is 11.1. The van der Waals surface area contributed by atoms with Gasteiger partial charge in [-0.15, -0.1) is 0 Å². The molecule has 5 aromatic rings. The highest BCUT2D eigenvalue weighted by molar-refractivity contribution is 6.33. The Labute approximate surface area is 202 Å². The summed E-state index contributed by atoms with van der Waals surface area (Å²) in [5.74, 6) is 0.289. The van der Waals surface area contributed by atoms with E-state index in [1.807, 2.05) is 49.4 Å². The predicted octanol–water partition coefficient (Wildman–Crippen LogP) is 5.85. The second-order valence-electron chi connectivity index (χ2n) is 8.36. The monoisotopic (exact) mass is 469 g/mol. The molecule has 0 aliphatic heterocycles. The molecule has 0 aliphatic carbocycles. The van der Waals surface area contributed by atoms with Crippen LogP contribution in [0.15, 0.2) is 79.0 Å². The van der Waals surface area contributed by atoms with Gasteiger partial charge in [0, 0.05) is 6.07 Å². The van der Waals surface area contributed by atoms with E-state index in [-0.39, 0.29) is 5.91 Å². The first-order valence-corrected chi connectivity index (χ1v) is 11.5. The van der Waals surface area contributed by atoms with E-state index in [4.69, 9.17) is 11.6 Å². The van der Waals surface area contributed by atoms with Crippen molar-refractivity contribution in [2.24, 2.45) is 0 Å². The van der Waals surface area contributed by atoms with Crippen LogP contribution in [0.4, 0.5) is 5.82 Å². The molecule has 2 aromatic heterocycles. The maximum atomic E-state index is 13.2. The summed E-state index contributed by atoms with van der Waals surface area (Å²) in [5, 5.41) is 14.5. The number of hydrogen-bond acceptors (Lipinski definition) is 3. The zero-order chi connectivity index (χ0) is 23.7. The van der Waals surface area contributed by atoms with Crippen LogP contribution >= 0.6 is 11.6 Å². The molecule has 0 aliphatic rings. The molecule has 170 valence electrons. The van der Waals surface area contributed by atoms with Gasteiger partial charge in [0.05, 0.1) is 30.5 Å². The average molecular weight is 470 g/mol. The van der Waals surface area contributed by atoms with Crippen LogP contribution in [-0.2, 0) is 13.1 Å². The number of aromatic nitrogens is 4. The fraction of sp³-hybridized carbons (Fsp3) is 0.148. The third-order valence-electron chi connectivity index (χ3n) is 5.90. The molecular weight excluding hydrogens is 446 g/mol. The topological polar surface area (TPSA) is 64.7 Å². The van der Waals surface area contributed by atoms with Crippen LogP contribution in [0.25, 0.3) is 10.8 Å². The van der Waals surface area contributed by atoms with Crippen LogP contribution in [0.3, 0.4) is 0 Å². The van der Waals surface area contributed by atoms with Gasteiger partial charge in [-0.3, -0.25) is 4.79 Å². The fourth-order valence-corrected chi connectivity index (χ4v) is 4.44. The van der Waals surface area contributed by atoms with Crippen LogP contribution in [0, 0.1) is 13.8 Å². The maximum absolute atomic E-state index is 13.2. The number of hydrogen-bond donors (Lipinski definition) is 1. The van der Waals surface area contributed by atoms with Gasteiger partial charge in [0.15, 0.2) is 0 Å². The highest BCUT2D eigenvalue weighted by atomic mass is 35.5. The minimum Gasteiger partial charge on any atom is -0.307 e. The van der Waals surface area contributed by atoms with Gasteiger partial charge >= 0.3 is 0 Å². The molecule has 0 spiro atoms. The number of rotatable bonds is 6. The molecule has 0 saturated heterocycles. The van der Waals surface area contributed by atoms with E-state index >= 15 is 0 Å². The molecule has 1 N–H and O–H groups in total. The van der Waals surface area contributed by atoms with Crippen molar-refractivity contribution in [1.29, 1.82) is 0 Å². The molecule has 0 atom stereocenters. The third kappa shape index (κ3) is 4.32. The lowest BCUT2D eigenvalue weighted by molar-refractivity contribution is 0.102. The molecule has 34 heavy (non-hydrogen) atoms. The van der Waals surface area contributed by atoms with Crippen LogP contribution < -0.4 is 5.32 Å². The molecule has 3 aromatic carbocycles. The van der Waals surface area contributed by atoms with Crippen LogP contribution in [0.2, 0.25) is 5.15 Å². The fourth-order valence-electron chi connectivity index (χ4n) is 4.12. The molecule has 0 bridgehead atoms. The summed E-state index contributed by atoms with van der Waals surface area (Å²) in [5.41, 5.74) is 4.32. The summed E-state index contributed by atoms with van der Waals surface area (Å²) in [6, 6.07) is 24.4. The second kappa shape index (κ2) is 9.15. The first kappa shape index (κ1) is 21.9. The van der Waals surface area contributed by atoms with Crippen molar-refractivity contribution in [3.8, 4) is 0 Å². The van der Waals surface area contributed by atoms with Gasteiger partial charge in [-0.1, -0.05) is 83.9 Å². The van der Waals surface area contributed by atoms with Crippen molar-refractivity contribution in [2.45, 2.75) is 26.9 Å². The van der Waals surface area contributed by atoms with Crippen LogP contribution in [0.1, 0.15) is 32.7 Å². The summed E-state index contributed by atoms with van der Waals surface area (Å²) in [6.07, 6.45) is 1.68. The summed E-state index contributed by atoms with van der Waals surface area (Å²) in [7, 11) is 0. The van der Waals surface area contributed by atoms with Crippen molar-refractivity contribution in [1.82, 2.24) is 19.6 Å². The van der Waals surface area contributed by atoms with E-state index in [0.717, 1.165) is 16.5 Å². The molecule has 5 rings (SSSR count). The number of aryl methyl sites for hydroxylation is 2. The Balaban J connectivity index is 1.37. The van der Waals surface area contributed by atoms with E-state index in [0.29, 0.717) is 35.3 Å². The smallest absolute Gasteiger partial charge is 0.261 e. The molecule has 1 amide bonds. The highest BCUT2D eigenvalue weighted by Gasteiger charge is 2.21. The van der Waals surface area contributed by atoms with E-state index in [2.05, 4.69) is 39.8 Å². The van der Waals surface area contributed by atoms with E-state index < -0.39 is 0 Å². The zero-order valence-corrected chi connectivity index (χ0v) is 19.8. The lowest BCUT2D eigenvalue weighted by Gasteiger charge is -2.11. The minimum absolute atomic E-state index is 0.308. The van der Waals surface area contributed by atoms with Crippen molar-refractivity contribution in [2.75, 3.05) is 5.32 Å². The van der Waals surface area contributed by atoms with Gasteiger partial charge in [-0.05, 0) is 35.7 Å². The van der Waals surface area contributed by atoms with E-state index in [1.165, 1.54) is 10.9 Å². The van der Waals surface area contributed by atoms with Gasteiger partial charge in [0.25, 0.3) is 5.91 Å². The Hall–Kier alpha value is -3.90. The average Bonchev–Trinajstić information content (AvgIpc) is 3.38. The molecule has 6 nitrogen and oxygen atoms in total. The Morgan fingerprint density at radius 2 is 1.68 bits per heavy atom.